The van der Waals surface area contributed by atoms with E-state index >= 15 is 0 Å². The quantitative estimate of drug-likeness (QED) is 0.734. The van der Waals surface area contributed by atoms with E-state index in [-0.39, 0.29) is 30.7 Å². The third-order valence-electron chi connectivity index (χ3n) is 3.80. The molecular formula is C13H21BClNO2. The molecule has 0 spiro atoms. The molecule has 0 saturated carbocycles. The van der Waals surface area contributed by atoms with Gasteiger partial charge in [0.2, 0.25) is 0 Å². The SMILES string of the molecule is Cc1cc(C)c(B2OC(C)(C)C(C)(C)O2)cn1.Cl. The van der Waals surface area contributed by atoms with E-state index in [2.05, 4.69) is 45.7 Å². The van der Waals surface area contributed by atoms with Gasteiger partial charge in [-0.15, -0.1) is 12.4 Å². The first-order valence-electron chi connectivity index (χ1n) is 6.02. The molecule has 1 fully saturated rings. The molecule has 1 aromatic heterocycles. The van der Waals surface area contributed by atoms with Gasteiger partial charge in [0.05, 0.1) is 11.2 Å². The van der Waals surface area contributed by atoms with Gasteiger partial charge in [-0.25, -0.2) is 0 Å². The summed E-state index contributed by atoms with van der Waals surface area (Å²) in [4.78, 5) is 4.32. The van der Waals surface area contributed by atoms with E-state index in [1.54, 1.807) is 0 Å². The smallest absolute Gasteiger partial charge is 0.399 e. The van der Waals surface area contributed by atoms with Crippen molar-refractivity contribution in [1.82, 2.24) is 4.98 Å². The summed E-state index contributed by atoms with van der Waals surface area (Å²) in [5, 5.41) is 0. The standard InChI is InChI=1S/C13H20BNO2.ClH/c1-9-7-10(2)15-8-11(9)14-16-12(3,4)13(5,6)17-14;/h7-8H,1-6H3;1H. The van der Waals surface area contributed by atoms with Gasteiger partial charge < -0.3 is 9.31 Å². The number of aryl methyl sites for hydroxylation is 2. The molecule has 2 rings (SSSR count). The van der Waals surface area contributed by atoms with Crippen molar-refractivity contribution < 1.29 is 9.31 Å². The van der Waals surface area contributed by atoms with Crippen LogP contribution in [0.5, 0.6) is 0 Å². The van der Waals surface area contributed by atoms with Crippen LogP contribution < -0.4 is 5.46 Å². The van der Waals surface area contributed by atoms with E-state index in [0.717, 1.165) is 16.7 Å². The second kappa shape index (κ2) is 4.84. The largest absolute Gasteiger partial charge is 0.496 e. The Labute approximate surface area is 116 Å². The topological polar surface area (TPSA) is 31.4 Å². The minimum atomic E-state index is -0.312. The second-order valence-electron chi connectivity index (χ2n) is 5.77. The molecule has 0 bridgehead atoms. The van der Waals surface area contributed by atoms with E-state index < -0.39 is 0 Å². The summed E-state index contributed by atoms with van der Waals surface area (Å²) in [5.74, 6) is 0. The average Bonchev–Trinajstić information content (AvgIpc) is 2.35. The maximum atomic E-state index is 6.01. The van der Waals surface area contributed by atoms with Gasteiger partial charge in [0.15, 0.2) is 0 Å². The van der Waals surface area contributed by atoms with Gasteiger partial charge in [0.25, 0.3) is 0 Å². The van der Waals surface area contributed by atoms with Gasteiger partial charge in [-0.1, -0.05) is 0 Å². The maximum Gasteiger partial charge on any atom is 0.496 e. The van der Waals surface area contributed by atoms with Crippen LogP contribution in [-0.2, 0) is 9.31 Å². The van der Waals surface area contributed by atoms with Gasteiger partial charge in [0, 0.05) is 17.4 Å². The molecule has 0 aromatic carbocycles. The first kappa shape index (κ1) is 15.5. The van der Waals surface area contributed by atoms with Crippen LogP contribution in [-0.4, -0.2) is 23.3 Å². The molecule has 0 unspecified atom stereocenters. The van der Waals surface area contributed by atoms with Crippen LogP contribution in [0.4, 0.5) is 0 Å². The highest BCUT2D eigenvalue weighted by Gasteiger charge is 2.52. The Balaban J connectivity index is 0.00000162. The van der Waals surface area contributed by atoms with Crippen molar-refractivity contribution in [1.29, 1.82) is 0 Å². The molecule has 1 saturated heterocycles. The lowest BCUT2D eigenvalue weighted by molar-refractivity contribution is 0.00578. The third-order valence-corrected chi connectivity index (χ3v) is 3.80. The highest BCUT2D eigenvalue weighted by Crippen LogP contribution is 2.36. The number of hydrogen-bond donors (Lipinski definition) is 0. The average molecular weight is 270 g/mol. The Hall–Kier alpha value is -0.575. The normalized spacial score (nSPS) is 20.7. The molecule has 0 amide bonds. The summed E-state index contributed by atoms with van der Waals surface area (Å²) in [7, 11) is -0.312. The Kier molecular flexibility index (Phi) is 4.16. The molecule has 1 aliphatic rings. The molecular weight excluding hydrogens is 248 g/mol. The Morgan fingerprint density at radius 3 is 2.00 bits per heavy atom. The van der Waals surface area contributed by atoms with Crippen LogP contribution in [0.1, 0.15) is 39.0 Å². The van der Waals surface area contributed by atoms with Gasteiger partial charge in [0.1, 0.15) is 0 Å². The van der Waals surface area contributed by atoms with E-state index in [0.29, 0.717) is 0 Å². The monoisotopic (exact) mass is 269 g/mol. The first-order valence-corrected chi connectivity index (χ1v) is 6.02. The molecule has 0 aliphatic carbocycles. The zero-order valence-corrected chi connectivity index (χ0v) is 12.7. The van der Waals surface area contributed by atoms with Crippen molar-refractivity contribution >= 4 is 25.0 Å². The van der Waals surface area contributed by atoms with Crippen molar-refractivity contribution in [2.75, 3.05) is 0 Å². The molecule has 1 aromatic rings. The van der Waals surface area contributed by atoms with Crippen molar-refractivity contribution in [2.24, 2.45) is 0 Å². The van der Waals surface area contributed by atoms with E-state index in [4.69, 9.17) is 9.31 Å². The molecule has 100 valence electrons. The zero-order valence-electron chi connectivity index (χ0n) is 11.9. The summed E-state index contributed by atoms with van der Waals surface area (Å²) >= 11 is 0. The lowest BCUT2D eigenvalue weighted by Crippen LogP contribution is -2.41. The van der Waals surface area contributed by atoms with E-state index in [1.807, 2.05) is 13.1 Å². The highest BCUT2D eigenvalue weighted by molar-refractivity contribution is 6.62. The molecule has 0 N–H and O–H groups in total. The maximum absolute atomic E-state index is 6.01. The van der Waals surface area contributed by atoms with Crippen molar-refractivity contribution in [3.8, 4) is 0 Å². The van der Waals surface area contributed by atoms with Crippen LogP contribution in [0.3, 0.4) is 0 Å². The lowest BCUT2D eigenvalue weighted by Gasteiger charge is -2.32. The molecule has 18 heavy (non-hydrogen) atoms. The predicted molar refractivity (Wildman–Crippen MR) is 76.7 cm³/mol. The van der Waals surface area contributed by atoms with E-state index in [1.165, 1.54) is 0 Å². The van der Waals surface area contributed by atoms with Crippen LogP contribution in [0, 0.1) is 13.8 Å². The molecule has 5 heteroatoms. The number of rotatable bonds is 1. The fourth-order valence-corrected chi connectivity index (χ4v) is 1.92. The predicted octanol–water partition coefficient (Wildman–Crippen LogP) is 2.42. The zero-order chi connectivity index (χ0) is 12.8. The van der Waals surface area contributed by atoms with Gasteiger partial charge in [-0.3, -0.25) is 4.98 Å². The third kappa shape index (κ3) is 2.56. The number of halogens is 1. The van der Waals surface area contributed by atoms with Crippen LogP contribution in [0.25, 0.3) is 0 Å². The lowest BCUT2D eigenvalue weighted by atomic mass is 9.77. The fraction of sp³-hybridized carbons (Fsp3) is 0.615. The van der Waals surface area contributed by atoms with Gasteiger partial charge in [-0.2, -0.15) is 0 Å². The Morgan fingerprint density at radius 2 is 1.56 bits per heavy atom. The molecule has 1 aliphatic heterocycles. The summed E-state index contributed by atoms with van der Waals surface area (Å²) < 4.78 is 12.0. The van der Waals surface area contributed by atoms with Crippen LogP contribution in [0.2, 0.25) is 0 Å². The summed E-state index contributed by atoms with van der Waals surface area (Å²) in [6, 6.07) is 2.06. The highest BCUT2D eigenvalue weighted by atomic mass is 35.5. The van der Waals surface area contributed by atoms with Crippen LogP contribution in [0.15, 0.2) is 12.3 Å². The molecule has 2 heterocycles. The summed E-state index contributed by atoms with van der Waals surface area (Å²) in [5.41, 5.74) is 2.61. The van der Waals surface area contributed by atoms with Gasteiger partial charge >= 0.3 is 7.12 Å². The van der Waals surface area contributed by atoms with Crippen molar-refractivity contribution in [3.05, 3.63) is 23.5 Å². The minimum absolute atomic E-state index is 0. The number of aromatic nitrogens is 1. The summed E-state index contributed by atoms with van der Waals surface area (Å²) in [6.45, 7) is 12.3. The van der Waals surface area contributed by atoms with Crippen molar-refractivity contribution in [2.45, 2.75) is 52.7 Å². The Bertz CT molecular complexity index is 433. The van der Waals surface area contributed by atoms with E-state index in [9.17, 15) is 0 Å². The molecule has 0 atom stereocenters. The molecule has 0 radical (unpaired) electrons. The molecule has 3 nitrogen and oxygen atoms in total. The minimum Gasteiger partial charge on any atom is -0.399 e. The Morgan fingerprint density at radius 1 is 1.06 bits per heavy atom. The first-order chi connectivity index (χ1) is 7.73. The number of hydrogen-bond acceptors (Lipinski definition) is 3. The second-order valence-corrected chi connectivity index (χ2v) is 5.77. The fourth-order valence-electron chi connectivity index (χ4n) is 1.92. The van der Waals surface area contributed by atoms with Crippen molar-refractivity contribution in [3.63, 3.8) is 0 Å². The number of pyridine rings is 1. The summed E-state index contributed by atoms with van der Waals surface area (Å²) in [6.07, 6.45) is 1.85. The van der Waals surface area contributed by atoms with Gasteiger partial charge in [-0.05, 0) is 53.2 Å². The number of nitrogens with zero attached hydrogens (tertiary/aromatic N) is 1. The van der Waals surface area contributed by atoms with Crippen LogP contribution >= 0.6 is 12.4 Å².